The fourth-order valence-electron chi connectivity index (χ4n) is 8.91. The van der Waals surface area contributed by atoms with Crippen LogP contribution in [0.5, 0.6) is 0 Å². The van der Waals surface area contributed by atoms with Gasteiger partial charge in [-0.1, -0.05) is 108 Å². The third-order valence-corrected chi connectivity index (χ3v) is 12.8. The van der Waals surface area contributed by atoms with Crippen LogP contribution in [0, 0.1) is 6.92 Å². The summed E-state index contributed by atoms with van der Waals surface area (Å²) in [6.45, 7) is 16.1. The number of anilines is 3. The molecule has 7 aromatic rings. The van der Waals surface area contributed by atoms with Crippen LogP contribution in [0.25, 0.3) is 43.6 Å². The van der Waals surface area contributed by atoms with Gasteiger partial charge in [0.25, 0.3) is 6.71 Å². The maximum absolute atomic E-state index is 7.36. The molecule has 10 rings (SSSR count). The highest BCUT2D eigenvalue weighted by Crippen LogP contribution is 2.46. The molecule has 51 heavy (non-hydrogen) atoms. The first kappa shape index (κ1) is 31.0. The van der Waals surface area contributed by atoms with Gasteiger partial charge < -0.3 is 9.32 Å². The molecule has 4 heterocycles. The van der Waals surface area contributed by atoms with Gasteiger partial charge in [0.05, 0.1) is 5.66 Å². The summed E-state index contributed by atoms with van der Waals surface area (Å²) >= 11 is 1.94. The van der Waals surface area contributed by atoms with Gasteiger partial charge in [-0.05, 0) is 122 Å². The summed E-state index contributed by atoms with van der Waals surface area (Å²) in [6.07, 6.45) is 4.46. The Bertz CT molecular complexity index is 2620. The first-order chi connectivity index (χ1) is 24.5. The monoisotopic (exact) mass is 679 g/mol. The van der Waals surface area contributed by atoms with Crippen molar-refractivity contribution in [3.05, 3.63) is 130 Å². The lowest BCUT2D eigenvalue weighted by Crippen LogP contribution is -2.59. The van der Waals surface area contributed by atoms with Gasteiger partial charge in [0, 0.05) is 37.4 Å². The minimum Gasteiger partial charge on any atom is -0.469 e. The number of allylic oxidation sites excluding steroid dienone is 1. The maximum atomic E-state index is 7.36. The van der Waals surface area contributed by atoms with Gasteiger partial charge in [-0.15, -0.1) is 11.3 Å². The second-order valence-electron chi connectivity index (χ2n) is 17.0. The van der Waals surface area contributed by atoms with Gasteiger partial charge in [0.1, 0.15) is 5.76 Å². The molecule has 2 aromatic heterocycles. The third-order valence-electron chi connectivity index (χ3n) is 11.5. The molecule has 4 heteroatoms. The van der Waals surface area contributed by atoms with E-state index in [2.05, 4.69) is 157 Å². The SMILES string of the molecule is Cc1cc2c3c(c1)N(c1ccc(C(C)(C)C)cc1)c1ccc(C(C)(C)C)cc1B3c1oc(C3=Cc4c(sc5ccccc45)CC3)c3cccc-2c13. The van der Waals surface area contributed by atoms with E-state index in [9.17, 15) is 0 Å². The van der Waals surface area contributed by atoms with E-state index in [1.165, 1.54) is 92.7 Å². The average Bonchev–Trinajstić information content (AvgIpc) is 3.68. The van der Waals surface area contributed by atoms with E-state index < -0.39 is 0 Å². The molecular weight excluding hydrogens is 637 g/mol. The van der Waals surface area contributed by atoms with Gasteiger partial charge in [0.2, 0.25) is 0 Å². The Morgan fingerprint density at radius 2 is 1.45 bits per heavy atom. The largest absolute Gasteiger partial charge is 0.469 e. The fourth-order valence-corrected chi connectivity index (χ4v) is 10.1. The van der Waals surface area contributed by atoms with E-state index in [0.717, 1.165) is 24.3 Å². The number of hydrogen-bond acceptors (Lipinski definition) is 3. The van der Waals surface area contributed by atoms with Crippen molar-refractivity contribution in [2.45, 2.75) is 72.1 Å². The minimum atomic E-state index is -0.00845. The Morgan fingerprint density at radius 1 is 0.706 bits per heavy atom. The van der Waals surface area contributed by atoms with Crippen molar-refractivity contribution in [1.29, 1.82) is 0 Å². The first-order valence-corrected chi connectivity index (χ1v) is 19.2. The van der Waals surface area contributed by atoms with Crippen LogP contribution >= 0.6 is 11.3 Å². The van der Waals surface area contributed by atoms with Crippen molar-refractivity contribution < 1.29 is 4.42 Å². The molecule has 0 radical (unpaired) electrons. The molecule has 0 amide bonds. The van der Waals surface area contributed by atoms with E-state index >= 15 is 0 Å². The first-order valence-electron chi connectivity index (χ1n) is 18.4. The summed E-state index contributed by atoms with van der Waals surface area (Å²) in [5.74, 6) is 1.04. The molecule has 3 aliphatic rings. The Hall–Kier alpha value is -4.80. The number of hydrogen-bond donors (Lipinski definition) is 0. The molecule has 0 atom stereocenters. The molecule has 0 unspecified atom stereocenters. The van der Waals surface area contributed by atoms with Crippen molar-refractivity contribution in [2.75, 3.05) is 4.90 Å². The molecule has 5 aromatic carbocycles. The lowest BCUT2D eigenvalue weighted by molar-refractivity contribution is 0.586. The van der Waals surface area contributed by atoms with Crippen LogP contribution in [0.3, 0.4) is 0 Å². The van der Waals surface area contributed by atoms with Crippen LogP contribution in [0.2, 0.25) is 0 Å². The number of aryl methyl sites for hydroxylation is 2. The van der Waals surface area contributed by atoms with Gasteiger partial charge in [-0.25, -0.2) is 0 Å². The summed E-state index contributed by atoms with van der Waals surface area (Å²) in [7, 11) is 0. The molecule has 0 N–H and O–H groups in total. The summed E-state index contributed by atoms with van der Waals surface area (Å²) in [5, 5.41) is 3.87. The number of thiophene rings is 1. The normalized spacial score (nSPS) is 14.8. The van der Waals surface area contributed by atoms with Gasteiger partial charge >= 0.3 is 0 Å². The average molecular weight is 680 g/mol. The van der Waals surface area contributed by atoms with Crippen molar-refractivity contribution >= 4 is 84.2 Å². The maximum Gasteiger partial charge on any atom is 0.293 e. The Morgan fingerprint density at radius 3 is 2.24 bits per heavy atom. The molecule has 0 saturated heterocycles. The summed E-state index contributed by atoms with van der Waals surface area (Å²) in [4.78, 5) is 4.00. The van der Waals surface area contributed by atoms with Crippen LogP contribution in [0.1, 0.15) is 80.9 Å². The van der Waals surface area contributed by atoms with Gasteiger partial charge in [0.15, 0.2) is 0 Å². The number of furan rings is 1. The van der Waals surface area contributed by atoms with Crippen LogP contribution < -0.4 is 21.5 Å². The zero-order valence-electron chi connectivity index (χ0n) is 30.6. The third kappa shape index (κ3) is 4.55. The topological polar surface area (TPSA) is 16.4 Å². The van der Waals surface area contributed by atoms with Crippen molar-refractivity contribution in [2.24, 2.45) is 0 Å². The summed E-state index contributed by atoms with van der Waals surface area (Å²) in [6, 6.07) is 37.0. The zero-order valence-corrected chi connectivity index (χ0v) is 31.4. The molecule has 0 bridgehead atoms. The van der Waals surface area contributed by atoms with Gasteiger partial charge in [-0.2, -0.15) is 0 Å². The molecule has 2 aliphatic heterocycles. The smallest absolute Gasteiger partial charge is 0.293 e. The predicted octanol–water partition coefficient (Wildman–Crippen LogP) is 11.3. The molecular formula is C47H42BNOS. The lowest BCUT2D eigenvalue weighted by atomic mass is 9.34. The zero-order chi connectivity index (χ0) is 35.0. The number of benzene rings is 5. The Balaban J connectivity index is 1.24. The minimum absolute atomic E-state index is 0.00845. The number of rotatable bonds is 2. The highest BCUT2D eigenvalue weighted by molar-refractivity contribution is 7.19. The second kappa shape index (κ2) is 10.6. The second-order valence-corrected chi connectivity index (χ2v) is 18.1. The standard InChI is InChI=1S/C47H42BNOS/c1-27-23-36-33-12-10-13-34-42(33)45(50-44(34)28-15-22-41-35(25-28)32-11-8-9-14-40(32)51-41)48-37-26-30(47(5,6)7)18-21-38(37)49(39(24-27)43(36)48)31-19-16-29(17-20-31)46(2,3)4/h8-14,16-21,23-26H,15,22H2,1-7H3. The molecule has 1 aliphatic carbocycles. The summed E-state index contributed by atoms with van der Waals surface area (Å²) in [5.41, 5.74) is 16.8. The van der Waals surface area contributed by atoms with Crippen molar-refractivity contribution in [1.82, 2.24) is 0 Å². The van der Waals surface area contributed by atoms with E-state index in [0.29, 0.717) is 0 Å². The molecule has 0 saturated carbocycles. The molecule has 2 nitrogen and oxygen atoms in total. The molecule has 250 valence electrons. The lowest BCUT2D eigenvalue weighted by Gasteiger charge is -2.40. The Kier molecular flexibility index (Phi) is 6.45. The Labute approximate surface area is 305 Å². The van der Waals surface area contributed by atoms with E-state index in [-0.39, 0.29) is 17.5 Å². The highest BCUT2D eigenvalue weighted by Gasteiger charge is 2.44. The highest BCUT2D eigenvalue weighted by atomic mass is 32.1. The van der Waals surface area contributed by atoms with E-state index in [1.54, 1.807) is 0 Å². The summed E-state index contributed by atoms with van der Waals surface area (Å²) < 4.78 is 8.73. The van der Waals surface area contributed by atoms with Crippen LogP contribution in [0.15, 0.2) is 101 Å². The number of fused-ring (bicyclic) bond motifs is 7. The van der Waals surface area contributed by atoms with E-state index in [4.69, 9.17) is 4.42 Å². The fraction of sp³-hybridized carbons (Fsp3) is 0.234. The molecule has 0 fully saturated rings. The number of nitrogens with zero attached hydrogens (tertiary/aromatic N) is 1. The van der Waals surface area contributed by atoms with E-state index in [1.807, 2.05) is 11.3 Å². The van der Waals surface area contributed by atoms with Crippen LogP contribution in [-0.4, -0.2) is 6.71 Å². The van der Waals surface area contributed by atoms with Crippen LogP contribution in [0.4, 0.5) is 17.1 Å². The van der Waals surface area contributed by atoms with Crippen LogP contribution in [-0.2, 0) is 17.3 Å². The van der Waals surface area contributed by atoms with Crippen molar-refractivity contribution in [3.63, 3.8) is 0 Å². The molecule has 0 spiro atoms. The van der Waals surface area contributed by atoms with Crippen molar-refractivity contribution in [3.8, 4) is 11.1 Å². The van der Waals surface area contributed by atoms with Gasteiger partial charge in [-0.3, -0.25) is 0 Å². The quantitative estimate of drug-likeness (QED) is 0.169. The predicted molar refractivity (Wildman–Crippen MR) is 221 cm³/mol.